The highest BCUT2D eigenvalue weighted by Gasteiger charge is 2.16. The van der Waals surface area contributed by atoms with Gasteiger partial charge in [0.2, 0.25) is 0 Å². The van der Waals surface area contributed by atoms with Gasteiger partial charge in [-0.2, -0.15) is 0 Å². The van der Waals surface area contributed by atoms with Crippen LogP contribution in [0.3, 0.4) is 0 Å². The third-order valence-electron chi connectivity index (χ3n) is 3.09. The van der Waals surface area contributed by atoms with Crippen LogP contribution < -0.4 is 10.2 Å². The summed E-state index contributed by atoms with van der Waals surface area (Å²) in [7, 11) is 0. The second-order valence-corrected chi connectivity index (χ2v) is 4.07. The summed E-state index contributed by atoms with van der Waals surface area (Å²) in [5.74, 6) is -0.146. The minimum Gasteiger partial charge on any atom is -0.367 e. The fourth-order valence-electron chi connectivity index (χ4n) is 2.28. The highest BCUT2D eigenvalue weighted by molar-refractivity contribution is 5.93. The van der Waals surface area contributed by atoms with Crippen LogP contribution in [-0.4, -0.2) is 31.2 Å². The molecule has 0 spiro atoms. The Morgan fingerprint density at radius 3 is 2.81 bits per heavy atom. The minimum absolute atomic E-state index is 0.146. The first-order chi connectivity index (χ1) is 7.86. The van der Waals surface area contributed by atoms with Crippen LogP contribution >= 0.6 is 0 Å². The van der Waals surface area contributed by atoms with E-state index in [0.29, 0.717) is 5.39 Å². The summed E-state index contributed by atoms with van der Waals surface area (Å²) in [6, 6.07) is 5.15. The third-order valence-corrected chi connectivity index (χ3v) is 3.09. The summed E-state index contributed by atoms with van der Waals surface area (Å²) < 4.78 is 13.8. The Bertz CT molecular complexity index is 500. The third kappa shape index (κ3) is 1.46. The molecule has 4 heteroatoms. The van der Waals surface area contributed by atoms with Crippen LogP contribution in [0.5, 0.6) is 0 Å². The molecule has 0 atom stereocenters. The fraction of sp³-hybridized carbons (Fsp3) is 0.333. The fourth-order valence-corrected chi connectivity index (χ4v) is 2.28. The predicted molar refractivity (Wildman–Crippen MR) is 63.3 cm³/mol. The summed E-state index contributed by atoms with van der Waals surface area (Å²) in [5, 5.41) is 4.01. The van der Waals surface area contributed by atoms with Gasteiger partial charge in [0.25, 0.3) is 0 Å². The van der Waals surface area contributed by atoms with Gasteiger partial charge in [0.05, 0.1) is 16.6 Å². The zero-order chi connectivity index (χ0) is 11.0. The lowest BCUT2D eigenvalue weighted by Gasteiger charge is -2.28. The van der Waals surface area contributed by atoms with Gasteiger partial charge >= 0.3 is 0 Å². The molecule has 0 amide bonds. The molecule has 84 valence electrons. The molecule has 0 radical (unpaired) electrons. The Labute approximate surface area is 93.3 Å². The van der Waals surface area contributed by atoms with E-state index >= 15 is 0 Å². The molecule has 1 aromatic heterocycles. The normalized spacial score (nSPS) is 16.9. The predicted octanol–water partition coefficient (Wildman–Crippen LogP) is 1.72. The van der Waals surface area contributed by atoms with E-state index in [2.05, 4.69) is 15.2 Å². The molecule has 3 nitrogen and oxygen atoms in total. The van der Waals surface area contributed by atoms with Crippen molar-refractivity contribution in [2.75, 3.05) is 31.1 Å². The molecule has 2 N–H and O–H groups in total. The molecule has 0 unspecified atom stereocenters. The topological polar surface area (TPSA) is 31.1 Å². The van der Waals surface area contributed by atoms with Crippen LogP contribution in [0.1, 0.15) is 0 Å². The van der Waals surface area contributed by atoms with E-state index in [9.17, 15) is 4.39 Å². The number of anilines is 1. The molecule has 0 bridgehead atoms. The molecule has 2 aromatic rings. The monoisotopic (exact) mass is 219 g/mol. The van der Waals surface area contributed by atoms with Crippen molar-refractivity contribution in [3.8, 4) is 0 Å². The average Bonchev–Trinajstić information content (AvgIpc) is 2.75. The Balaban J connectivity index is 2.09. The molecular weight excluding hydrogens is 205 g/mol. The number of fused-ring (bicyclic) bond motifs is 1. The van der Waals surface area contributed by atoms with Crippen LogP contribution in [0.2, 0.25) is 0 Å². The van der Waals surface area contributed by atoms with Crippen LogP contribution in [0.4, 0.5) is 10.1 Å². The smallest absolute Gasteiger partial charge is 0.134 e. The number of piperazine rings is 1. The van der Waals surface area contributed by atoms with Crippen LogP contribution in [-0.2, 0) is 0 Å². The number of hydrogen-bond acceptors (Lipinski definition) is 2. The molecule has 3 rings (SSSR count). The van der Waals surface area contributed by atoms with Gasteiger partial charge in [-0.05, 0) is 12.1 Å². The summed E-state index contributed by atoms with van der Waals surface area (Å²) >= 11 is 0. The van der Waals surface area contributed by atoms with Gasteiger partial charge in [0.15, 0.2) is 0 Å². The number of aromatic amines is 1. The highest BCUT2D eigenvalue weighted by atomic mass is 19.1. The first-order valence-electron chi connectivity index (χ1n) is 5.57. The van der Waals surface area contributed by atoms with Crippen molar-refractivity contribution in [2.45, 2.75) is 0 Å². The Hall–Kier alpha value is -1.55. The first-order valence-corrected chi connectivity index (χ1v) is 5.57. The second kappa shape index (κ2) is 3.79. The van der Waals surface area contributed by atoms with Crippen LogP contribution in [0.25, 0.3) is 10.9 Å². The van der Waals surface area contributed by atoms with E-state index in [1.165, 1.54) is 6.07 Å². The number of aromatic nitrogens is 1. The molecule has 1 saturated heterocycles. The van der Waals surface area contributed by atoms with E-state index < -0.39 is 0 Å². The van der Waals surface area contributed by atoms with Gasteiger partial charge in [-0.3, -0.25) is 0 Å². The van der Waals surface area contributed by atoms with Crippen molar-refractivity contribution < 1.29 is 4.39 Å². The molecule has 1 aromatic carbocycles. The molecule has 0 aliphatic carbocycles. The van der Waals surface area contributed by atoms with Gasteiger partial charge in [-0.1, -0.05) is 6.07 Å². The van der Waals surface area contributed by atoms with Gasteiger partial charge in [-0.15, -0.1) is 0 Å². The highest BCUT2D eigenvalue weighted by Crippen LogP contribution is 2.29. The molecule has 0 saturated carbocycles. The number of benzene rings is 1. The van der Waals surface area contributed by atoms with Crippen molar-refractivity contribution in [3.63, 3.8) is 0 Å². The van der Waals surface area contributed by atoms with Gasteiger partial charge < -0.3 is 15.2 Å². The zero-order valence-corrected chi connectivity index (χ0v) is 8.96. The van der Waals surface area contributed by atoms with Crippen LogP contribution in [0.15, 0.2) is 24.4 Å². The molecule has 2 heterocycles. The number of halogens is 1. The van der Waals surface area contributed by atoms with Gasteiger partial charge in [0.1, 0.15) is 5.82 Å². The summed E-state index contributed by atoms with van der Waals surface area (Å²) in [6.07, 6.45) is 1.90. The molecule has 1 aliphatic rings. The van der Waals surface area contributed by atoms with E-state index in [-0.39, 0.29) is 5.82 Å². The Morgan fingerprint density at radius 2 is 2.00 bits per heavy atom. The van der Waals surface area contributed by atoms with Crippen molar-refractivity contribution in [1.29, 1.82) is 0 Å². The number of H-pyrrole nitrogens is 1. The Kier molecular flexibility index (Phi) is 2.29. The van der Waals surface area contributed by atoms with Gasteiger partial charge in [-0.25, -0.2) is 4.39 Å². The molecule has 1 fully saturated rings. The molecule has 16 heavy (non-hydrogen) atoms. The number of rotatable bonds is 1. The number of nitrogens with one attached hydrogen (secondary N) is 2. The second-order valence-electron chi connectivity index (χ2n) is 4.07. The number of nitrogens with zero attached hydrogens (tertiary/aromatic N) is 1. The minimum atomic E-state index is -0.146. The summed E-state index contributed by atoms with van der Waals surface area (Å²) in [4.78, 5) is 5.34. The summed E-state index contributed by atoms with van der Waals surface area (Å²) in [6.45, 7) is 3.78. The SMILES string of the molecule is Fc1cccc2[nH]cc(N3CCNCC3)c12. The van der Waals surface area contributed by atoms with E-state index in [1.807, 2.05) is 12.3 Å². The maximum absolute atomic E-state index is 13.8. The maximum Gasteiger partial charge on any atom is 0.134 e. The lowest BCUT2D eigenvalue weighted by molar-refractivity contribution is 0.588. The average molecular weight is 219 g/mol. The van der Waals surface area contributed by atoms with E-state index in [0.717, 1.165) is 37.4 Å². The first kappa shape index (κ1) is 9.66. The zero-order valence-electron chi connectivity index (χ0n) is 8.96. The van der Waals surface area contributed by atoms with E-state index in [4.69, 9.17) is 0 Å². The lowest BCUT2D eigenvalue weighted by Crippen LogP contribution is -2.43. The largest absolute Gasteiger partial charge is 0.367 e. The number of hydrogen-bond donors (Lipinski definition) is 2. The lowest BCUT2D eigenvalue weighted by atomic mass is 10.2. The van der Waals surface area contributed by atoms with Crippen molar-refractivity contribution in [1.82, 2.24) is 10.3 Å². The summed E-state index contributed by atoms with van der Waals surface area (Å²) in [5.41, 5.74) is 1.85. The van der Waals surface area contributed by atoms with Crippen LogP contribution in [0, 0.1) is 5.82 Å². The Morgan fingerprint density at radius 1 is 1.19 bits per heavy atom. The van der Waals surface area contributed by atoms with E-state index in [1.54, 1.807) is 6.07 Å². The molecular formula is C12H14FN3. The quantitative estimate of drug-likeness (QED) is 0.765. The van der Waals surface area contributed by atoms with Gasteiger partial charge in [0, 0.05) is 32.4 Å². The molecule has 1 aliphatic heterocycles. The van der Waals surface area contributed by atoms with Crippen molar-refractivity contribution in [3.05, 3.63) is 30.2 Å². The van der Waals surface area contributed by atoms with Crippen molar-refractivity contribution in [2.24, 2.45) is 0 Å². The standard InChI is InChI=1S/C12H14FN3/c13-9-2-1-3-10-12(9)11(8-15-10)16-6-4-14-5-7-16/h1-3,8,14-15H,4-7H2. The maximum atomic E-state index is 13.8. The van der Waals surface area contributed by atoms with Crippen molar-refractivity contribution >= 4 is 16.6 Å².